The number of nitrogens with zero attached hydrogens (tertiary/aromatic N) is 1. The normalized spacial score (nSPS) is 41.7. The number of hydrogen-bond acceptors (Lipinski definition) is 0. The standard InChI is InChI=1S/C10H22N/c1-6-11(7-2)9(4)8(3)10(11)5/h8-10H,6-7H2,1-5H3/q+1. The monoisotopic (exact) mass is 156 g/mol. The van der Waals surface area contributed by atoms with Gasteiger partial charge in [-0.15, -0.1) is 0 Å². The lowest BCUT2D eigenvalue weighted by molar-refractivity contribution is -1.02. The van der Waals surface area contributed by atoms with Crippen LogP contribution >= 0.6 is 0 Å². The molecule has 0 aromatic rings. The highest BCUT2D eigenvalue weighted by atomic mass is 15.4. The molecule has 1 aliphatic rings. The van der Waals surface area contributed by atoms with Crippen LogP contribution in [0, 0.1) is 5.92 Å². The fourth-order valence-corrected chi connectivity index (χ4v) is 2.98. The van der Waals surface area contributed by atoms with Gasteiger partial charge >= 0.3 is 0 Å². The maximum atomic E-state index is 2.40. The Hall–Kier alpha value is -0.0400. The van der Waals surface area contributed by atoms with Crippen molar-refractivity contribution in [3.63, 3.8) is 0 Å². The molecule has 1 heteroatoms. The van der Waals surface area contributed by atoms with Gasteiger partial charge in [-0.1, -0.05) is 6.92 Å². The van der Waals surface area contributed by atoms with Crippen molar-refractivity contribution < 1.29 is 4.48 Å². The summed E-state index contributed by atoms with van der Waals surface area (Å²) in [6.45, 7) is 14.4. The largest absolute Gasteiger partial charge is 0.319 e. The molecule has 0 bridgehead atoms. The minimum Gasteiger partial charge on any atom is -0.319 e. The third-order valence-corrected chi connectivity index (χ3v) is 4.32. The summed E-state index contributed by atoms with van der Waals surface area (Å²) in [6.07, 6.45) is 0. The molecule has 0 radical (unpaired) electrons. The number of hydrogen-bond donors (Lipinski definition) is 0. The molecule has 0 amide bonds. The van der Waals surface area contributed by atoms with Gasteiger partial charge in [0.15, 0.2) is 0 Å². The Kier molecular flexibility index (Phi) is 2.29. The maximum absolute atomic E-state index is 2.40. The smallest absolute Gasteiger partial charge is 0.0946 e. The highest BCUT2D eigenvalue weighted by Crippen LogP contribution is 2.39. The van der Waals surface area contributed by atoms with E-state index in [4.69, 9.17) is 0 Å². The Morgan fingerprint density at radius 2 is 1.27 bits per heavy atom. The van der Waals surface area contributed by atoms with Gasteiger partial charge in [0.05, 0.1) is 31.1 Å². The van der Waals surface area contributed by atoms with E-state index in [1.807, 2.05) is 0 Å². The molecule has 1 nitrogen and oxygen atoms in total. The lowest BCUT2D eigenvalue weighted by Gasteiger charge is -2.60. The number of likely N-dealkylation sites (tertiary alicyclic amines) is 1. The molecule has 1 fully saturated rings. The zero-order chi connectivity index (χ0) is 8.65. The second kappa shape index (κ2) is 2.78. The molecule has 0 N–H and O–H groups in total. The van der Waals surface area contributed by atoms with Crippen LogP contribution in [0.15, 0.2) is 0 Å². The molecular formula is C10H22N+. The van der Waals surface area contributed by atoms with Crippen LogP contribution in [0.4, 0.5) is 0 Å². The van der Waals surface area contributed by atoms with E-state index in [9.17, 15) is 0 Å². The zero-order valence-corrected chi connectivity index (χ0v) is 8.59. The van der Waals surface area contributed by atoms with Crippen molar-refractivity contribution in [1.29, 1.82) is 0 Å². The highest BCUT2D eigenvalue weighted by molar-refractivity contribution is 4.81. The molecule has 11 heavy (non-hydrogen) atoms. The summed E-state index contributed by atoms with van der Waals surface area (Å²) in [5.41, 5.74) is 0. The quantitative estimate of drug-likeness (QED) is 0.538. The van der Waals surface area contributed by atoms with Crippen molar-refractivity contribution >= 4 is 0 Å². The number of quaternary nitrogens is 1. The second-order valence-electron chi connectivity index (χ2n) is 4.08. The highest BCUT2D eigenvalue weighted by Gasteiger charge is 2.53. The van der Waals surface area contributed by atoms with Crippen molar-refractivity contribution in [2.45, 2.75) is 46.7 Å². The molecule has 2 unspecified atom stereocenters. The fraction of sp³-hybridized carbons (Fsp3) is 1.00. The Morgan fingerprint density at radius 1 is 0.909 bits per heavy atom. The van der Waals surface area contributed by atoms with E-state index in [0.717, 1.165) is 18.0 Å². The van der Waals surface area contributed by atoms with Crippen LogP contribution in [0.25, 0.3) is 0 Å². The molecule has 66 valence electrons. The van der Waals surface area contributed by atoms with Crippen molar-refractivity contribution in [3.05, 3.63) is 0 Å². The first kappa shape index (κ1) is 9.05. The van der Waals surface area contributed by atoms with Gasteiger partial charge in [-0.3, -0.25) is 0 Å². The van der Waals surface area contributed by atoms with Crippen LogP contribution < -0.4 is 0 Å². The summed E-state index contributed by atoms with van der Waals surface area (Å²) in [7, 11) is 0. The average molecular weight is 156 g/mol. The average Bonchev–Trinajstić information content (AvgIpc) is 2.06. The van der Waals surface area contributed by atoms with Gasteiger partial charge in [-0.25, -0.2) is 0 Å². The van der Waals surface area contributed by atoms with Crippen molar-refractivity contribution in [3.8, 4) is 0 Å². The predicted octanol–water partition coefficient (Wildman–Crippen LogP) is 2.27. The molecule has 0 aliphatic carbocycles. The lowest BCUT2D eigenvalue weighted by atomic mass is 9.79. The van der Waals surface area contributed by atoms with Gasteiger partial charge < -0.3 is 4.48 Å². The van der Waals surface area contributed by atoms with E-state index in [1.54, 1.807) is 0 Å². The summed E-state index contributed by atoms with van der Waals surface area (Å²) < 4.78 is 1.35. The van der Waals surface area contributed by atoms with Crippen LogP contribution in [0.3, 0.4) is 0 Å². The maximum Gasteiger partial charge on any atom is 0.0946 e. The molecule has 1 saturated heterocycles. The van der Waals surface area contributed by atoms with Gasteiger partial charge in [0, 0.05) is 0 Å². The molecule has 0 aromatic heterocycles. The van der Waals surface area contributed by atoms with Crippen LogP contribution in [0.2, 0.25) is 0 Å². The number of rotatable bonds is 2. The van der Waals surface area contributed by atoms with Gasteiger partial charge in [-0.05, 0) is 27.7 Å². The van der Waals surface area contributed by atoms with E-state index in [0.29, 0.717) is 0 Å². The van der Waals surface area contributed by atoms with E-state index >= 15 is 0 Å². The summed E-state index contributed by atoms with van der Waals surface area (Å²) in [5, 5.41) is 0. The first-order chi connectivity index (χ1) is 5.10. The van der Waals surface area contributed by atoms with Gasteiger partial charge in [0.1, 0.15) is 0 Å². The summed E-state index contributed by atoms with van der Waals surface area (Å²) in [6, 6.07) is 1.78. The third-order valence-electron chi connectivity index (χ3n) is 4.32. The van der Waals surface area contributed by atoms with Gasteiger partial charge in [0.25, 0.3) is 0 Å². The Bertz CT molecular complexity index is 126. The predicted molar refractivity (Wildman–Crippen MR) is 49.4 cm³/mol. The first-order valence-electron chi connectivity index (χ1n) is 4.96. The van der Waals surface area contributed by atoms with E-state index < -0.39 is 0 Å². The van der Waals surface area contributed by atoms with E-state index in [1.165, 1.54) is 17.6 Å². The Morgan fingerprint density at radius 3 is 1.45 bits per heavy atom. The molecule has 0 spiro atoms. The Labute approximate surface area is 71.0 Å². The molecule has 1 rings (SSSR count). The van der Waals surface area contributed by atoms with Crippen molar-refractivity contribution in [2.75, 3.05) is 13.1 Å². The summed E-state index contributed by atoms with van der Waals surface area (Å²) in [4.78, 5) is 0. The molecule has 1 aliphatic heterocycles. The third kappa shape index (κ3) is 0.936. The molecule has 0 saturated carbocycles. The SMILES string of the molecule is CC[N+]1(CC)C(C)C(C)C1C. The fourth-order valence-electron chi connectivity index (χ4n) is 2.98. The van der Waals surface area contributed by atoms with Gasteiger partial charge in [-0.2, -0.15) is 0 Å². The topological polar surface area (TPSA) is 0 Å². The molecule has 1 heterocycles. The Balaban J connectivity index is 2.70. The van der Waals surface area contributed by atoms with Crippen LogP contribution in [-0.4, -0.2) is 29.7 Å². The zero-order valence-electron chi connectivity index (χ0n) is 8.59. The van der Waals surface area contributed by atoms with Crippen LogP contribution in [-0.2, 0) is 0 Å². The van der Waals surface area contributed by atoms with Crippen molar-refractivity contribution in [2.24, 2.45) is 5.92 Å². The second-order valence-corrected chi connectivity index (χ2v) is 4.08. The summed E-state index contributed by atoms with van der Waals surface area (Å²) in [5.74, 6) is 0.926. The molecular weight excluding hydrogens is 134 g/mol. The molecule has 0 aromatic carbocycles. The summed E-state index contributed by atoms with van der Waals surface area (Å²) >= 11 is 0. The van der Waals surface area contributed by atoms with Crippen LogP contribution in [0.5, 0.6) is 0 Å². The minimum atomic E-state index is 0.889. The van der Waals surface area contributed by atoms with Crippen LogP contribution in [0.1, 0.15) is 34.6 Å². The first-order valence-corrected chi connectivity index (χ1v) is 4.96. The van der Waals surface area contributed by atoms with E-state index in [-0.39, 0.29) is 0 Å². The lowest BCUT2D eigenvalue weighted by Crippen LogP contribution is -2.74. The van der Waals surface area contributed by atoms with Gasteiger partial charge in [0.2, 0.25) is 0 Å². The molecule has 2 atom stereocenters. The van der Waals surface area contributed by atoms with Crippen molar-refractivity contribution in [1.82, 2.24) is 0 Å². The minimum absolute atomic E-state index is 0.889. The van der Waals surface area contributed by atoms with E-state index in [2.05, 4.69) is 34.6 Å².